The molecule has 0 saturated heterocycles. The van der Waals surface area contributed by atoms with E-state index in [-0.39, 0.29) is 98.6 Å². The summed E-state index contributed by atoms with van der Waals surface area (Å²) in [5, 5.41) is 3.00. The first-order valence-electron chi connectivity index (χ1n) is 15.4. The van der Waals surface area contributed by atoms with Gasteiger partial charge in [0, 0.05) is 36.2 Å². The summed E-state index contributed by atoms with van der Waals surface area (Å²) in [6, 6.07) is 0. The maximum absolute atomic E-state index is 12.2. The maximum atomic E-state index is 12.2. The Hall–Kier alpha value is 2.15. The summed E-state index contributed by atoms with van der Waals surface area (Å²) in [5.41, 5.74) is 6.11. The number of hydrogen-bond donors (Lipinski definition) is 1. The van der Waals surface area contributed by atoms with E-state index in [0.29, 0.717) is 25.0 Å². The fraction of sp³-hybridized carbons (Fsp3) is 0.879. The van der Waals surface area contributed by atoms with Crippen LogP contribution in [0.3, 0.4) is 0 Å². The van der Waals surface area contributed by atoms with Gasteiger partial charge in [0.15, 0.2) is 0 Å². The van der Waals surface area contributed by atoms with Crippen molar-refractivity contribution >= 4 is 27.5 Å². The van der Waals surface area contributed by atoms with Crippen LogP contribution in [-0.4, -0.2) is 54.9 Å². The number of unbranched alkanes of at least 4 members (excludes halogenated alkanes) is 8. The standard InChI is InChI=1S/C31H61NO3S2.CH4N.CH3.2U/c1-10-11-12-13-14-15-16-17-18-21-30(6,7)25-31(8,9)37-36-24-20-29(33)32-22-19-23-34-27(4)28(5)35-26(2)3;1-2;;;/h26-28H,4-5,10-25H2,1-3,6-9H3,(H,32,33);2H,1H3;1H3;;/q-2;2*-1;2*+2. The summed E-state index contributed by atoms with van der Waals surface area (Å²) in [7, 11) is 5.02. The third kappa shape index (κ3) is 36.6. The van der Waals surface area contributed by atoms with Crippen molar-refractivity contribution in [3.63, 3.8) is 0 Å². The molecule has 0 aliphatic carbocycles. The quantitative estimate of drug-likeness (QED) is 0.0561. The Kier molecular flexibility index (Phi) is 44.0. The Morgan fingerprint density at radius 2 is 1.40 bits per heavy atom. The van der Waals surface area contributed by atoms with Crippen LogP contribution in [0.1, 0.15) is 132 Å². The van der Waals surface area contributed by atoms with Gasteiger partial charge in [0.1, 0.15) is 0 Å². The van der Waals surface area contributed by atoms with Gasteiger partial charge in [-0.3, -0.25) is 4.79 Å². The van der Waals surface area contributed by atoms with E-state index >= 15 is 0 Å². The average molecular weight is 1080 g/mol. The van der Waals surface area contributed by atoms with Crippen LogP contribution in [0.5, 0.6) is 0 Å². The van der Waals surface area contributed by atoms with Crippen LogP contribution in [0, 0.1) is 88.9 Å². The van der Waals surface area contributed by atoms with Crippen LogP contribution in [0.2, 0.25) is 0 Å². The van der Waals surface area contributed by atoms with Gasteiger partial charge in [-0.1, -0.05) is 112 Å². The van der Waals surface area contributed by atoms with Crippen molar-refractivity contribution in [2.24, 2.45) is 5.41 Å². The van der Waals surface area contributed by atoms with Crippen molar-refractivity contribution in [3.8, 4) is 0 Å². The Labute approximate surface area is 319 Å². The molecule has 0 aromatic carbocycles. The smallest absolute Gasteiger partial charge is 0.680 e. The van der Waals surface area contributed by atoms with E-state index in [0.717, 1.165) is 12.2 Å². The van der Waals surface area contributed by atoms with E-state index < -0.39 is 0 Å². The SMILES string of the molecule is C[NH-].[CH2-]C(OCCCNC(=O)CCSSC(C)(C)CC(C)(C)CCCCCCCCCCC)C([CH2-])OC(C)C.[CH3-].[U+2].[U+2]. The largest absolute Gasteiger partial charge is 2.00 e. The second-order valence-electron chi connectivity index (χ2n) is 12.2. The van der Waals surface area contributed by atoms with Crippen LogP contribution in [-0.2, 0) is 14.3 Å². The fourth-order valence-corrected chi connectivity index (χ4v) is 7.44. The average Bonchev–Trinajstić information content (AvgIpc) is 2.85. The molecule has 0 fully saturated rings. The van der Waals surface area contributed by atoms with E-state index in [4.69, 9.17) is 15.2 Å². The van der Waals surface area contributed by atoms with Crippen LogP contribution in [0.4, 0.5) is 0 Å². The number of nitrogens with one attached hydrogen (secondary N) is 2. The first-order chi connectivity index (χ1) is 18.4. The Morgan fingerprint density at radius 3 is 1.93 bits per heavy atom. The van der Waals surface area contributed by atoms with Gasteiger partial charge in [0.05, 0.1) is 0 Å². The molecule has 0 heterocycles. The predicted octanol–water partition coefficient (Wildman–Crippen LogP) is 10.3. The molecule has 0 bridgehead atoms. The monoisotopic (exact) mass is 1080 g/mol. The molecule has 0 saturated carbocycles. The molecule has 0 aliphatic rings. The van der Waals surface area contributed by atoms with Crippen molar-refractivity contribution in [2.45, 2.75) is 155 Å². The van der Waals surface area contributed by atoms with Crippen molar-refractivity contribution in [2.75, 3.05) is 26.0 Å². The molecular formula is C33H68N2O3S2U2. The van der Waals surface area contributed by atoms with E-state index in [1.807, 2.05) is 35.4 Å². The van der Waals surface area contributed by atoms with Gasteiger partial charge in [-0.15, -0.1) is 0 Å². The Bertz CT molecular complexity index is 571. The van der Waals surface area contributed by atoms with Gasteiger partial charge in [0.25, 0.3) is 0 Å². The number of amides is 1. The normalized spacial score (nSPS) is 12.7. The molecule has 2 N–H and O–H groups in total. The zero-order valence-corrected chi connectivity index (χ0v) is 39.0. The Balaban J connectivity index is -0.000000891. The molecule has 5 nitrogen and oxygen atoms in total. The minimum Gasteiger partial charge on any atom is -0.680 e. The molecule has 0 spiro atoms. The van der Waals surface area contributed by atoms with E-state index in [1.165, 1.54) is 77.7 Å². The number of rotatable bonds is 25. The topological polar surface area (TPSA) is 71.4 Å². The zero-order valence-electron chi connectivity index (χ0n) is 29.0. The molecular weight excluding hydrogens is 1010 g/mol. The molecule has 9 heteroatoms. The van der Waals surface area contributed by atoms with E-state index in [9.17, 15) is 4.79 Å². The first-order valence-corrected chi connectivity index (χ1v) is 17.7. The molecule has 2 unspecified atom stereocenters. The van der Waals surface area contributed by atoms with Gasteiger partial charge in [-0.2, -0.15) is 7.05 Å². The fourth-order valence-electron chi connectivity index (χ4n) is 4.69. The molecule has 0 aliphatic heterocycles. The van der Waals surface area contributed by atoms with Crippen LogP contribution >= 0.6 is 21.6 Å². The molecule has 0 aromatic rings. The number of carbonyl (C=O) groups excluding carboxylic acids is 1. The Morgan fingerprint density at radius 1 is 0.881 bits per heavy atom. The van der Waals surface area contributed by atoms with Crippen LogP contribution < -0.4 is 5.32 Å². The number of hydrogen-bond acceptors (Lipinski definition) is 5. The summed E-state index contributed by atoms with van der Waals surface area (Å²) < 4.78 is 11.5. The van der Waals surface area contributed by atoms with Gasteiger partial charge < -0.3 is 41.8 Å². The van der Waals surface area contributed by atoms with E-state index in [2.05, 4.69) is 53.8 Å². The second-order valence-corrected chi connectivity index (χ2v) is 15.3. The minimum absolute atomic E-state index is 0. The van der Waals surface area contributed by atoms with Gasteiger partial charge in [-0.25, -0.2) is 0 Å². The summed E-state index contributed by atoms with van der Waals surface area (Å²) in [5.74, 6) is 0.951. The third-order valence-electron chi connectivity index (χ3n) is 6.40. The molecule has 248 valence electrons. The summed E-state index contributed by atoms with van der Waals surface area (Å²) in [6.45, 7) is 24.8. The van der Waals surface area contributed by atoms with Gasteiger partial charge >= 0.3 is 62.2 Å². The summed E-state index contributed by atoms with van der Waals surface area (Å²) in [6.07, 6.45) is 15.8. The first kappa shape index (κ1) is 53.6. The van der Waals surface area contributed by atoms with Crippen molar-refractivity contribution in [1.29, 1.82) is 0 Å². The maximum Gasteiger partial charge on any atom is 2.00 e. The van der Waals surface area contributed by atoms with Gasteiger partial charge in [0.2, 0.25) is 5.91 Å². The predicted molar refractivity (Wildman–Crippen MR) is 184 cm³/mol. The molecule has 0 aromatic heterocycles. The molecule has 42 heavy (non-hydrogen) atoms. The zero-order chi connectivity index (χ0) is 30.2. The summed E-state index contributed by atoms with van der Waals surface area (Å²) in [4.78, 5) is 12.2. The second kappa shape index (κ2) is 34.5. The number of carbonyl (C=O) groups is 1. The molecule has 0 rings (SSSR count). The van der Waals surface area contributed by atoms with Gasteiger partial charge in [-0.05, 0) is 52.4 Å². The van der Waals surface area contributed by atoms with Crippen LogP contribution in [0.15, 0.2) is 0 Å². The van der Waals surface area contributed by atoms with Crippen molar-refractivity contribution in [1.82, 2.24) is 5.32 Å². The van der Waals surface area contributed by atoms with Crippen molar-refractivity contribution in [3.05, 3.63) is 27.0 Å². The van der Waals surface area contributed by atoms with E-state index in [1.54, 1.807) is 0 Å². The molecule has 2 atom stereocenters. The number of ether oxygens (including phenoxy) is 2. The van der Waals surface area contributed by atoms with Crippen molar-refractivity contribution < 1.29 is 76.5 Å². The summed E-state index contributed by atoms with van der Waals surface area (Å²) >= 11 is 0. The minimum atomic E-state index is -0.301. The third-order valence-corrected chi connectivity index (χ3v) is 9.69. The molecule has 0 radical (unpaired) electrons. The van der Waals surface area contributed by atoms with Crippen LogP contribution in [0.25, 0.3) is 5.73 Å². The molecule has 1 amide bonds.